The molecule has 2 amide bonds. The number of rotatable bonds is 5. The Morgan fingerprint density at radius 1 is 1.10 bits per heavy atom. The second kappa shape index (κ2) is 11.8. The molecule has 4 rings (SSSR count). The van der Waals surface area contributed by atoms with Crippen LogP contribution in [-0.2, 0) is 0 Å². The summed E-state index contributed by atoms with van der Waals surface area (Å²) < 4.78 is 6.21. The molecule has 0 saturated carbocycles. The summed E-state index contributed by atoms with van der Waals surface area (Å²) in [5.74, 6) is 0.959. The van der Waals surface area contributed by atoms with Crippen molar-refractivity contribution in [3.05, 3.63) is 101 Å². The highest BCUT2D eigenvalue weighted by Crippen LogP contribution is 2.38. The van der Waals surface area contributed by atoms with E-state index in [0.717, 1.165) is 16.7 Å². The SMILES string of the molecule is Cc1ccc(N=C(/C=C(\N)C(C)(C)C)NC(=O)N[C@H]2CC[C@@H](Oc3ccc(C#N)nc3)c3ccccc32)cc1. The number of hydrogen-bond acceptors (Lipinski definition) is 6. The van der Waals surface area contributed by atoms with E-state index in [-0.39, 0.29) is 23.6 Å². The maximum absolute atomic E-state index is 13.2. The van der Waals surface area contributed by atoms with Crippen LogP contribution in [0, 0.1) is 23.7 Å². The number of ether oxygens (including phenoxy) is 1. The highest BCUT2D eigenvalue weighted by Gasteiger charge is 2.29. The van der Waals surface area contributed by atoms with Gasteiger partial charge in [0.2, 0.25) is 0 Å². The van der Waals surface area contributed by atoms with Crippen LogP contribution in [0.15, 0.2) is 83.6 Å². The van der Waals surface area contributed by atoms with Crippen molar-refractivity contribution in [1.82, 2.24) is 15.6 Å². The molecule has 0 fully saturated rings. The lowest BCUT2D eigenvalue weighted by atomic mass is 9.85. The van der Waals surface area contributed by atoms with Crippen LogP contribution >= 0.6 is 0 Å². The number of nitrogens with one attached hydrogen (secondary N) is 2. The molecule has 1 aliphatic carbocycles. The van der Waals surface area contributed by atoms with Crippen LogP contribution in [0.1, 0.15) is 68.1 Å². The second-order valence-electron chi connectivity index (χ2n) is 10.6. The van der Waals surface area contributed by atoms with Crippen molar-refractivity contribution in [3.63, 3.8) is 0 Å². The summed E-state index contributed by atoms with van der Waals surface area (Å²) in [5.41, 5.74) is 10.8. The van der Waals surface area contributed by atoms with Crippen LogP contribution in [0.2, 0.25) is 0 Å². The molecule has 8 nitrogen and oxygen atoms in total. The molecule has 4 N–H and O–H groups in total. The quantitative estimate of drug-likeness (QED) is 0.274. The standard InChI is InChI=1S/C31H34N6O2/c1-20-9-11-21(12-10-20)35-29(17-28(33)31(2,3)4)37-30(38)36-26-15-16-27(25-8-6-5-7-24(25)26)39-23-14-13-22(18-32)34-19-23/h5-14,17,19,26-27H,15-16,33H2,1-4H3,(H2,35,36,37,38)/b28-17-/t26-,27+/m0/s1. The molecule has 1 heterocycles. The number of aromatic nitrogens is 1. The Balaban J connectivity index is 1.51. The predicted molar refractivity (Wildman–Crippen MR) is 152 cm³/mol. The molecule has 1 aliphatic rings. The van der Waals surface area contributed by atoms with Gasteiger partial charge in [-0.3, -0.25) is 5.32 Å². The molecule has 1 aromatic heterocycles. The van der Waals surface area contributed by atoms with Crippen molar-refractivity contribution in [2.75, 3.05) is 0 Å². The number of aliphatic imine (C=N–C) groups is 1. The Morgan fingerprint density at radius 3 is 2.46 bits per heavy atom. The largest absolute Gasteiger partial charge is 0.484 e. The molecule has 2 aromatic carbocycles. The van der Waals surface area contributed by atoms with Crippen molar-refractivity contribution in [2.24, 2.45) is 16.1 Å². The van der Waals surface area contributed by atoms with Gasteiger partial charge in [-0.25, -0.2) is 14.8 Å². The Morgan fingerprint density at radius 2 is 1.82 bits per heavy atom. The summed E-state index contributed by atoms with van der Waals surface area (Å²) in [7, 11) is 0. The number of amides is 2. The Kier molecular flexibility index (Phi) is 8.30. The van der Waals surface area contributed by atoms with Gasteiger partial charge in [0.25, 0.3) is 0 Å². The van der Waals surface area contributed by atoms with E-state index in [9.17, 15) is 4.79 Å². The number of nitriles is 1. The zero-order valence-corrected chi connectivity index (χ0v) is 22.7. The molecular weight excluding hydrogens is 488 g/mol. The summed E-state index contributed by atoms with van der Waals surface area (Å²) in [6, 6.07) is 20.5. The molecule has 8 heteroatoms. The van der Waals surface area contributed by atoms with Gasteiger partial charge in [-0.05, 0) is 55.2 Å². The first-order valence-corrected chi connectivity index (χ1v) is 12.9. The number of benzene rings is 2. The van der Waals surface area contributed by atoms with E-state index in [1.54, 1.807) is 24.4 Å². The molecule has 200 valence electrons. The number of hydrogen-bond donors (Lipinski definition) is 3. The number of carbonyl (C=O) groups is 1. The van der Waals surface area contributed by atoms with Gasteiger partial charge in [0.1, 0.15) is 29.5 Å². The Bertz CT molecular complexity index is 1410. The molecule has 2 atom stereocenters. The predicted octanol–water partition coefficient (Wildman–Crippen LogP) is 6.13. The molecule has 0 bridgehead atoms. The van der Waals surface area contributed by atoms with Crippen molar-refractivity contribution < 1.29 is 9.53 Å². The lowest BCUT2D eigenvalue weighted by Crippen LogP contribution is -2.42. The van der Waals surface area contributed by atoms with Gasteiger partial charge in [0.05, 0.1) is 17.9 Å². The van der Waals surface area contributed by atoms with Gasteiger partial charge in [-0.15, -0.1) is 0 Å². The lowest BCUT2D eigenvalue weighted by molar-refractivity contribution is 0.171. The minimum atomic E-state index is -0.366. The highest BCUT2D eigenvalue weighted by atomic mass is 16.5. The number of aryl methyl sites for hydroxylation is 1. The fourth-order valence-electron chi connectivity index (χ4n) is 4.23. The normalized spacial score (nSPS) is 17.5. The van der Waals surface area contributed by atoms with E-state index in [4.69, 9.17) is 15.7 Å². The number of nitrogens with two attached hydrogens (primary N) is 1. The number of fused-ring (bicyclic) bond motifs is 1. The van der Waals surface area contributed by atoms with Crippen LogP contribution in [0.5, 0.6) is 5.75 Å². The molecule has 0 radical (unpaired) electrons. The first-order chi connectivity index (χ1) is 18.6. The average molecular weight is 523 g/mol. The third kappa shape index (κ3) is 7.23. The summed E-state index contributed by atoms with van der Waals surface area (Å²) in [6.45, 7) is 8.03. The molecular formula is C31H34N6O2. The summed E-state index contributed by atoms with van der Waals surface area (Å²) >= 11 is 0. The van der Waals surface area contributed by atoms with Gasteiger partial charge in [-0.2, -0.15) is 5.26 Å². The Labute approximate surface area is 229 Å². The topological polar surface area (TPSA) is 125 Å². The van der Waals surface area contributed by atoms with Crippen molar-refractivity contribution in [2.45, 2.75) is 52.7 Å². The maximum Gasteiger partial charge on any atom is 0.320 e. The summed E-state index contributed by atoms with van der Waals surface area (Å²) in [5, 5.41) is 15.0. The fraction of sp³-hybridized carbons (Fsp3) is 0.290. The average Bonchev–Trinajstić information content (AvgIpc) is 2.91. The highest BCUT2D eigenvalue weighted by molar-refractivity contribution is 6.05. The monoisotopic (exact) mass is 522 g/mol. The van der Waals surface area contributed by atoms with E-state index >= 15 is 0 Å². The van der Waals surface area contributed by atoms with Gasteiger partial charge < -0.3 is 15.8 Å². The van der Waals surface area contributed by atoms with Crippen LogP contribution < -0.4 is 21.1 Å². The number of amidine groups is 1. The van der Waals surface area contributed by atoms with E-state index < -0.39 is 0 Å². The van der Waals surface area contributed by atoms with Crippen molar-refractivity contribution in [3.8, 4) is 11.8 Å². The minimum absolute atomic E-state index is 0.190. The lowest BCUT2D eigenvalue weighted by Gasteiger charge is -2.32. The van der Waals surface area contributed by atoms with Crippen LogP contribution in [0.4, 0.5) is 10.5 Å². The first-order valence-electron chi connectivity index (χ1n) is 12.9. The van der Waals surface area contributed by atoms with E-state index in [2.05, 4.69) is 20.6 Å². The molecule has 39 heavy (non-hydrogen) atoms. The van der Waals surface area contributed by atoms with Gasteiger partial charge in [0.15, 0.2) is 0 Å². The number of carbonyl (C=O) groups excluding carboxylic acids is 1. The molecule has 3 aromatic rings. The van der Waals surface area contributed by atoms with E-state index in [1.807, 2.05) is 82.3 Å². The minimum Gasteiger partial charge on any atom is -0.484 e. The fourth-order valence-corrected chi connectivity index (χ4v) is 4.23. The summed E-state index contributed by atoms with van der Waals surface area (Å²) in [6.07, 6.45) is 4.46. The van der Waals surface area contributed by atoms with Crippen LogP contribution in [-0.4, -0.2) is 16.9 Å². The summed E-state index contributed by atoms with van der Waals surface area (Å²) in [4.78, 5) is 21.9. The number of urea groups is 1. The van der Waals surface area contributed by atoms with Gasteiger partial charge in [-0.1, -0.05) is 62.7 Å². The third-order valence-electron chi connectivity index (χ3n) is 6.55. The zero-order chi connectivity index (χ0) is 28.0. The molecule has 0 unspecified atom stereocenters. The Hall–Kier alpha value is -4.64. The molecule has 0 spiro atoms. The van der Waals surface area contributed by atoms with E-state index in [1.165, 1.54) is 0 Å². The molecule has 0 aliphatic heterocycles. The zero-order valence-electron chi connectivity index (χ0n) is 22.7. The van der Waals surface area contributed by atoms with Crippen molar-refractivity contribution >= 4 is 17.6 Å². The van der Waals surface area contributed by atoms with Crippen molar-refractivity contribution in [1.29, 1.82) is 5.26 Å². The van der Waals surface area contributed by atoms with Gasteiger partial charge >= 0.3 is 6.03 Å². The number of allylic oxidation sites excluding steroid dienone is 1. The molecule has 0 saturated heterocycles. The van der Waals surface area contributed by atoms with Crippen LogP contribution in [0.3, 0.4) is 0 Å². The first kappa shape index (κ1) is 27.4. The smallest absolute Gasteiger partial charge is 0.320 e. The second-order valence-corrected chi connectivity index (χ2v) is 10.6. The number of nitrogens with zero attached hydrogens (tertiary/aromatic N) is 3. The number of pyridine rings is 1. The van der Waals surface area contributed by atoms with E-state index in [0.29, 0.717) is 41.5 Å². The third-order valence-corrected chi connectivity index (χ3v) is 6.55. The van der Waals surface area contributed by atoms with Gasteiger partial charge in [0, 0.05) is 17.2 Å². The van der Waals surface area contributed by atoms with Crippen LogP contribution in [0.25, 0.3) is 0 Å². The maximum atomic E-state index is 13.2.